The molecule has 1 heterocycles. The molecule has 0 atom stereocenters. The number of thiophene rings is 1. The molecule has 0 radical (unpaired) electrons. The minimum absolute atomic E-state index is 0.413. The molecular weight excluding hydrogens is 294 g/mol. The van der Waals surface area contributed by atoms with E-state index in [1.165, 1.54) is 11.3 Å². The smallest absolute Gasteiger partial charge is 0.241 e. The van der Waals surface area contributed by atoms with E-state index >= 15 is 0 Å². The van der Waals surface area contributed by atoms with E-state index in [0.717, 1.165) is 30.8 Å². The van der Waals surface area contributed by atoms with Crippen molar-refractivity contribution in [1.82, 2.24) is 14.9 Å². The van der Waals surface area contributed by atoms with Crippen molar-refractivity contribution in [3.63, 3.8) is 0 Å². The van der Waals surface area contributed by atoms with Crippen LogP contribution in [0.3, 0.4) is 0 Å². The Balaban J connectivity index is 2.56. The fourth-order valence-electron chi connectivity index (χ4n) is 1.76. The monoisotopic (exact) mass is 319 g/mol. The van der Waals surface area contributed by atoms with Gasteiger partial charge in [0.1, 0.15) is 0 Å². The van der Waals surface area contributed by atoms with Gasteiger partial charge in [-0.2, -0.15) is 0 Å². The first-order chi connectivity index (χ1) is 9.47. The van der Waals surface area contributed by atoms with E-state index < -0.39 is 10.0 Å². The van der Waals surface area contributed by atoms with Gasteiger partial charge in [0, 0.05) is 18.0 Å². The normalized spacial score (nSPS) is 12.2. The number of nitrogens with zero attached hydrogens (tertiary/aromatic N) is 1. The zero-order valence-electron chi connectivity index (χ0n) is 12.5. The highest BCUT2D eigenvalue weighted by atomic mass is 32.2. The SMILES string of the molecule is CCCNCc1sccc1S(=O)(=O)NCCCN(C)C. The lowest BCUT2D eigenvalue weighted by Gasteiger charge is -2.11. The van der Waals surface area contributed by atoms with Crippen molar-refractivity contribution in [2.24, 2.45) is 0 Å². The van der Waals surface area contributed by atoms with Crippen LogP contribution in [-0.4, -0.2) is 47.0 Å². The molecule has 2 N–H and O–H groups in total. The molecule has 0 aromatic carbocycles. The van der Waals surface area contributed by atoms with Gasteiger partial charge in [-0.25, -0.2) is 13.1 Å². The molecule has 0 aliphatic carbocycles. The van der Waals surface area contributed by atoms with Gasteiger partial charge in [0.25, 0.3) is 0 Å². The van der Waals surface area contributed by atoms with Crippen LogP contribution in [0.1, 0.15) is 24.6 Å². The Hall–Kier alpha value is -0.470. The Morgan fingerprint density at radius 1 is 1.30 bits per heavy atom. The summed E-state index contributed by atoms with van der Waals surface area (Å²) < 4.78 is 27.2. The summed E-state index contributed by atoms with van der Waals surface area (Å²) in [5.74, 6) is 0. The second-order valence-corrected chi connectivity index (χ2v) is 7.68. The zero-order chi connectivity index (χ0) is 15.0. The summed E-state index contributed by atoms with van der Waals surface area (Å²) in [5.41, 5.74) is 0. The number of hydrogen-bond acceptors (Lipinski definition) is 5. The highest BCUT2D eigenvalue weighted by Crippen LogP contribution is 2.21. The molecule has 0 spiro atoms. The van der Waals surface area contributed by atoms with Gasteiger partial charge in [0.05, 0.1) is 4.90 Å². The molecule has 0 unspecified atom stereocenters. The molecule has 0 amide bonds. The fourth-order valence-corrected chi connectivity index (χ4v) is 4.24. The average molecular weight is 319 g/mol. The maximum Gasteiger partial charge on any atom is 0.241 e. The summed E-state index contributed by atoms with van der Waals surface area (Å²) in [6.45, 7) is 4.94. The third kappa shape index (κ3) is 5.88. The molecule has 0 bridgehead atoms. The van der Waals surface area contributed by atoms with E-state index in [1.807, 2.05) is 24.4 Å². The fraction of sp³-hybridized carbons (Fsp3) is 0.692. The third-order valence-corrected chi connectivity index (χ3v) is 5.38. The van der Waals surface area contributed by atoms with Crippen molar-refractivity contribution in [2.75, 3.05) is 33.7 Å². The molecule has 20 heavy (non-hydrogen) atoms. The summed E-state index contributed by atoms with van der Waals surface area (Å²) in [7, 11) is 0.573. The standard InChI is InChI=1S/C13H25N3O2S2/c1-4-7-14-11-12-13(6-10-19-12)20(17,18)15-8-5-9-16(2)3/h6,10,14-15H,4-5,7-9,11H2,1-3H3. The quantitative estimate of drug-likeness (QED) is 0.641. The summed E-state index contributed by atoms with van der Waals surface area (Å²) in [4.78, 5) is 3.33. The van der Waals surface area contributed by atoms with E-state index in [4.69, 9.17) is 0 Å². The van der Waals surface area contributed by atoms with Crippen LogP contribution in [0.25, 0.3) is 0 Å². The Kier molecular flexibility index (Phi) is 7.68. The lowest BCUT2D eigenvalue weighted by atomic mass is 10.4. The maximum atomic E-state index is 12.2. The number of sulfonamides is 1. The number of rotatable bonds is 10. The first kappa shape index (κ1) is 17.6. The second kappa shape index (κ2) is 8.74. The van der Waals surface area contributed by atoms with Crippen LogP contribution in [0.15, 0.2) is 16.3 Å². The third-order valence-electron chi connectivity index (χ3n) is 2.78. The predicted octanol–water partition coefficient (Wildman–Crippen LogP) is 1.48. The van der Waals surface area contributed by atoms with Gasteiger partial charge in [0.2, 0.25) is 10.0 Å². The highest BCUT2D eigenvalue weighted by Gasteiger charge is 2.18. The van der Waals surface area contributed by atoms with Crippen molar-refractivity contribution < 1.29 is 8.42 Å². The Bertz CT molecular complexity index is 484. The minimum Gasteiger partial charge on any atom is -0.312 e. The van der Waals surface area contributed by atoms with Crippen LogP contribution in [0.4, 0.5) is 0 Å². The van der Waals surface area contributed by atoms with Crippen LogP contribution in [0.2, 0.25) is 0 Å². The number of nitrogens with one attached hydrogen (secondary N) is 2. The predicted molar refractivity (Wildman–Crippen MR) is 84.7 cm³/mol. The highest BCUT2D eigenvalue weighted by molar-refractivity contribution is 7.89. The first-order valence-corrected chi connectivity index (χ1v) is 9.25. The molecule has 5 nitrogen and oxygen atoms in total. The Labute approximate surface area is 126 Å². The van der Waals surface area contributed by atoms with E-state index in [1.54, 1.807) is 6.07 Å². The van der Waals surface area contributed by atoms with Gasteiger partial charge in [0.15, 0.2) is 0 Å². The molecule has 0 saturated carbocycles. The van der Waals surface area contributed by atoms with Crippen molar-refractivity contribution >= 4 is 21.4 Å². The van der Waals surface area contributed by atoms with Crippen LogP contribution in [-0.2, 0) is 16.6 Å². The Morgan fingerprint density at radius 3 is 2.70 bits per heavy atom. The largest absolute Gasteiger partial charge is 0.312 e. The van der Waals surface area contributed by atoms with Crippen LogP contribution in [0.5, 0.6) is 0 Å². The minimum atomic E-state index is -3.38. The van der Waals surface area contributed by atoms with Crippen LogP contribution < -0.4 is 10.0 Å². The molecular formula is C13H25N3O2S2. The van der Waals surface area contributed by atoms with Crippen LogP contribution >= 0.6 is 11.3 Å². The summed E-state index contributed by atoms with van der Waals surface area (Å²) in [5, 5.41) is 5.07. The van der Waals surface area contributed by atoms with Gasteiger partial charge in [-0.15, -0.1) is 11.3 Å². The molecule has 1 aromatic rings. The van der Waals surface area contributed by atoms with Gasteiger partial charge in [-0.3, -0.25) is 0 Å². The van der Waals surface area contributed by atoms with Gasteiger partial charge >= 0.3 is 0 Å². The average Bonchev–Trinajstić information content (AvgIpc) is 2.84. The molecule has 0 aliphatic heterocycles. The molecule has 7 heteroatoms. The van der Waals surface area contributed by atoms with Crippen molar-refractivity contribution in [3.8, 4) is 0 Å². The molecule has 1 aromatic heterocycles. The van der Waals surface area contributed by atoms with Gasteiger partial charge in [-0.1, -0.05) is 6.92 Å². The molecule has 0 aliphatic rings. The summed E-state index contributed by atoms with van der Waals surface area (Å²) in [6.07, 6.45) is 1.84. The van der Waals surface area contributed by atoms with Crippen molar-refractivity contribution in [3.05, 3.63) is 16.3 Å². The van der Waals surface area contributed by atoms with Crippen molar-refractivity contribution in [2.45, 2.75) is 31.2 Å². The summed E-state index contributed by atoms with van der Waals surface area (Å²) in [6, 6.07) is 1.68. The van der Waals surface area contributed by atoms with E-state index in [2.05, 4.69) is 17.0 Å². The van der Waals surface area contributed by atoms with Gasteiger partial charge in [-0.05, 0) is 51.5 Å². The van der Waals surface area contributed by atoms with E-state index in [0.29, 0.717) is 18.0 Å². The number of hydrogen-bond donors (Lipinski definition) is 2. The maximum absolute atomic E-state index is 12.2. The molecule has 0 saturated heterocycles. The lowest BCUT2D eigenvalue weighted by molar-refractivity contribution is 0.400. The van der Waals surface area contributed by atoms with E-state index in [-0.39, 0.29) is 0 Å². The first-order valence-electron chi connectivity index (χ1n) is 6.89. The molecule has 1 rings (SSSR count). The van der Waals surface area contributed by atoms with Crippen LogP contribution in [0, 0.1) is 0 Å². The molecule has 116 valence electrons. The lowest BCUT2D eigenvalue weighted by Crippen LogP contribution is -2.28. The summed E-state index contributed by atoms with van der Waals surface area (Å²) >= 11 is 1.48. The zero-order valence-corrected chi connectivity index (χ0v) is 14.1. The van der Waals surface area contributed by atoms with E-state index in [9.17, 15) is 8.42 Å². The molecule has 0 fully saturated rings. The Morgan fingerprint density at radius 2 is 2.05 bits per heavy atom. The van der Waals surface area contributed by atoms with Gasteiger partial charge < -0.3 is 10.2 Å². The topological polar surface area (TPSA) is 61.4 Å². The van der Waals surface area contributed by atoms with Crippen molar-refractivity contribution in [1.29, 1.82) is 0 Å². The second-order valence-electron chi connectivity index (χ2n) is 4.94.